The molecule has 0 aliphatic heterocycles. The van der Waals surface area contributed by atoms with Crippen LogP contribution in [0.5, 0.6) is 5.75 Å². The van der Waals surface area contributed by atoms with Gasteiger partial charge in [0.1, 0.15) is 5.75 Å². The Labute approximate surface area is 137 Å². The maximum absolute atomic E-state index is 9.95. The van der Waals surface area contributed by atoms with Crippen LogP contribution in [0.2, 0.25) is 10.0 Å². The van der Waals surface area contributed by atoms with Gasteiger partial charge in [0.15, 0.2) is 0 Å². The van der Waals surface area contributed by atoms with Gasteiger partial charge in [-0.15, -0.1) is 0 Å². The molecule has 5 nitrogen and oxygen atoms in total. The molecule has 0 radical (unpaired) electrons. The van der Waals surface area contributed by atoms with E-state index in [0.29, 0.717) is 32.4 Å². The van der Waals surface area contributed by atoms with Crippen LogP contribution in [0, 0.1) is 6.92 Å². The normalized spacial score (nSPS) is 11.6. The van der Waals surface area contributed by atoms with Crippen LogP contribution in [-0.4, -0.2) is 27.6 Å². The number of nitrogens with zero attached hydrogens (tertiary/aromatic N) is 3. The summed E-state index contributed by atoms with van der Waals surface area (Å²) >= 11 is 11.9. The molecule has 7 heteroatoms. The van der Waals surface area contributed by atoms with E-state index in [2.05, 4.69) is 15.2 Å². The van der Waals surface area contributed by atoms with Gasteiger partial charge in [0.05, 0.1) is 34.8 Å². The van der Waals surface area contributed by atoms with E-state index in [-0.39, 0.29) is 12.4 Å². The minimum absolute atomic E-state index is 0.0358. The van der Waals surface area contributed by atoms with Gasteiger partial charge in [-0.3, -0.25) is 4.98 Å². The molecule has 0 aliphatic rings. The fraction of sp³-hybridized carbons (Fsp3) is 0.133. The molecular formula is C15H13Cl2N3O2. The molecule has 114 valence electrons. The number of halogens is 2. The number of hydrogen-bond donors (Lipinski definition) is 2. The third kappa shape index (κ3) is 3.62. The number of rotatable bonds is 4. The Morgan fingerprint density at radius 1 is 1.23 bits per heavy atom. The van der Waals surface area contributed by atoms with Crippen LogP contribution in [0.3, 0.4) is 0 Å². The largest absolute Gasteiger partial charge is 0.505 e. The SMILES string of the molecule is Cc1ncc(CO)c(/C=N/N=Cc2cccc(Cl)c2Cl)c1O. The zero-order chi connectivity index (χ0) is 16.1. The molecule has 0 saturated heterocycles. The average Bonchev–Trinajstić information content (AvgIpc) is 2.51. The third-order valence-electron chi connectivity index (χ3n) is 2.96. The second kappa shape index (κ2) is 7.35. The predicted molar refractivity (Wildman–Crippen MR) is 88.2 cm³/mol. The molecular weight excluding hydrogens is 325 g/mol. The van der Waals surface area contributed by atoms with Gasteiger partial charge in [0, 0.05) is 22.9 Å². The number of hydrogen-bond acceptors (Lipinski definition) is 5. The highest BCUT2D eigenvalue weighted by atomic mass is 35.5. The van der Waals surface area contributed by atoms with Crippen LogP contribution < -0.4 is 0 Å². The van der Waals surface area contributed by atoms with Crippen LogP contribution in [0.1, 0.15) is 22.4 Å². The first-order valence-electron chi connectivity index (χ1n) is 6.33. The summed E-state index contributed by atoms with van der Waals surface area (Å²) < 4.78 is 0. The minimum Gasteiger partial charge on any atom is -0.505 e. The number of benzene rings is 1. The lowest BCUT2D eigenvalue weighted by Gasteiger charge is -2.06. The molecule has 0 aliphatic carbocycles. The monoisotopic (exact) mass is 337 g/mol. The second-order valence-electron chi connectivity index (χ2n) is 4.42. The molecule has 0 amide bonds. The topological polar surface area (TPSA) is 78.1 Å². The number of pyridine rings is 1. The van der Waals surface area contributed by atoms with Crippen molar-refractivity contribution in [1.29, 1.82) is 0 Å². The summed E-state index contributed by atoms with van der Waals surface area (Å²) in [7, 11) is 0. The first-order chi connectivity index (χ1) is 10.5. The summed E-state index contributed by atoms with van der Waals surface area (Å²) in [5.41, 5.74) is 1.91. The number of aryl methyl sites for hydroxylation is 1. The van der Waals surface area contributed by atoms with Crippen LogP contribution in [0.25, 0.3) is 0 Å². The summed E-state index contributed by atoms with van der Waals surface area (Å²) in [6, 6.07) is 5.18. The summed E-state index contributed by atoms with van der Waals surface area (Å²) in [6.07, 6.45) is 4.28. The molecule has 0 unspecified atom stereocenters. The zero-order valence-electron chi connectivity index (χ0n) is 11.7. The maximum Gasteiger partial charge on any atom is 0.145 e. The fourth-order valence-electron chi connectivity index (χ4n) is 1.73. The van der Waals surface area contributed by atoms with E-state index in [1.54, 1.807) is 25.1 Å². The Kier molecular flexibility index (Phi) is 5.49. The Morgan fingerprint density at radius 2 is 1.95 bits per heavy atom. The third-order valence-corrected chi connectivity index (χ3v) is 3.79. The Morgan fingerprint density at radius 3 is 2.68 bits per heavy atom. The first-order valence-corrected chi connectivity index (χ1v) is 7.09. The highest BCUT2D eigenvalue weighted by Crippen LogP contribution is 2.24. The van der Waals surface area contributed by atoms with Crippen LogP contribution >= 0.6 is 23.2 Å². The Hall–Kier alpha value is -1.95. The summed E-state index contributed by atoms with van der Waals surface area (Å²) in [6.45, 7) is 1.40. The first kappa shape index (κ1) is 16.4. The van der Waals surface area contributed by atoms with E-state index in [1.807, 2.05) is 0 Å². The van der Waals surface area contributed by atoms with Crippen LogP contribution in [0.15, 0.2) is 34.6 Å². The Balaban J connectivity index is 2.25. The maximum atomic E-state index is 9.95. The van der Waals surface area contributed by atoms with Crippen molar-refractivity contribution >= 4 is 35.6 Å². The fourth-order valence-corrected chi connectivity index (χ4v) is 2.09. The number of aromatic nitrogens is 1. The van der Waals surface area contributed by atoms with Crippen molar-refractivity contribution < 1.29 is 10.2 Å². The molecule has 0 bridgehead atoms. The molecule has 1 aromatic heterocycles. The van der Waals surface area contributed by atoms with Crippen molar-refractivity contribution in [1.82, 2.24) is 4.98 Å². The van der Waals surface area contributed by atoms with Gasteiger partial charge < -0.3 is 10.2 Å². The molecule has 1 heterocycles. The van der Waals surface area contributed by atoms with Gasteiger partial charge in [-0.2, -0.15) is 10.2 Å². The summed E-state index contributed by atoms with van der Waals surface area (Å²) in [5, 5.41) is 27.8. The second-order valence-corrected chi connectivity index (χ2v) is 5.21. The van der Waals surface area contributed by atoms with Gasteiger partial charge in [-0.1, -0.05) is 35.3 Å². The quantitative estimate of drug-likeness (QED) is 0.663. The van der Waals surface area contributed by atoms with Crippen LogP contribution in [-0.2, 0) is 6.61 Å². The molecule has 2 rings (SSSR count). The Bertz CT molecular complexity index is 746. The molecule has 2 aromatic rings. The van der Waals surface area contributed by atoms with Gasteiger partial charge in [-0.05, 0) is 13.0 Å². The van der Waals surface area contributed by atoms with Gasteiger partial charge in [0.25, 0.3) is 0 Å². The minimum atomic E-state index is -0.258. The molecule has 0 fully saturated rings. The smallest absolute Gasteiger partial charge is 0.145 e. The molecule has 2 N–H and O–H groups in total. The average molecular weight is 338 g/mol. The predicted octanol–water partition coefficient (Wildman–Crippen LogP) is 3.35. The molecule has 0 atom stereocenters. The lowest BCUT2D eigenvalue weighted by atomic mass is 10.1. The summed E-state index contributed by atoms with van der Waals surface area (Å²) in [4.78, 5) is 3.97. The van der Waals surface area contributed by atoms with Crippen molar-refractivity contribution in [2.45, 2.75) is 13.5 Å². The van der Waals surface area contributed by atoms with Crippen molar-refractivity contribution in [2.75, 3.05) is 0 Å². The lowest BCUT2D eigenvalue weighted by molar-refractivity contribution is 0.280. The molecule has 0 spiro atoms. The number of aliphatic hydroxyl groups excluding tert-OH is 1. The molecule has 22 heavy (non-hydrogen) atoms. The van der Waals surface area contributed by atoms with Gasteiger partial charge >= 0.3 is 0 Å². The van der Waals surface area contributed by atoms with Crippen molar-refractivity contribution in [3.05, 3.63) is 56.8 Å². The van der Waals surface area contributed by atoms with E-state index < -0.39 is 0 Å². The molecule has 0 saturated carbocycles. The van der Waals surface area contributed by atoms with E-state index in [4.69, 9.17) is 23.2 Å². The van der Waals surface area contributed by atoms with Crippen molar-refractivity contribution in [2.24, 2.45) is 10.2 Å². The standard InChI is InChI=1S/C15H13Cl2N3O2/c1-9-15(22)12(11(8-21)5-18-9)7-20-19-6-10-3-2-4-13(16)14(10)17/h2-7,21-22H,8H2,1H3/b19-6?,20-7+. The highest BCUT2D eigenvalue weighted by molar-refractivity contribution is 6.43. The van der Waals surface area contributed by atoms with E-state index in [9.17, 15) is 10.2 Å². The number of aromatic hydroxyl groups is 1. The summed E-state index contributed by atoms with van der Waals surface area (Å²) in [5.74, 6) is -0.0358. The van der Waals surface area contributed by atoms with Gasteiger partial charge in [-0.25, -0.2) is 0 Å². The van der Waals surface area contributed by atoms with Crippen LogP contribution in [0.4, 0.5) is 0 Å². The van der Waals surface area contributed by atoms with Crippen molar-refractivity contribution in [3.8, 4) is 5.75 Å². The zero-order valence-corrected chi connectivity index (χ0v) is 13.2. The number of aliphatic hydroxyl groups is 1. The molecule has 1 aromatic carbocycles. The van der Waals surface area contributed by atoms with E-state index >= 15 is 0 Å². The van der Waals surface area contributed by atoms with Crippen molar-refractivity contribution in [3.63, 3.8) is 0 Å². The van der Waals surface area contributed by atoms with Gasteiger partial charge in [0.2, 0.25) is 0 Å². The lowest BCUT2D eigenvalue weighted by Crippen LogP contribution is -1.97. The highest BCUT2D eigenvalue weighted by Gasteiger charge is 2.09. The van der Waals surface area contributed by atoms with E-state index in [0.717, 1.165) is 0 Å². The van der Waals surface area contributed by atoms with E-state index in [1.165, 1.54) is 18.6 Å².